The van der Waals surface area contributed by atoms with E-state index in [1.165, 1.54) is 235 Å². The maximum atomic E-state index is 2.28. The molecule has 7 aromatic carbocycles. The van der Waals surface area contributed by atoms with Gasteiger partial charge in [0, 0.05) is 160 Å². The number of aryl methyl sites for hydroxylation is 24. The molecule has 7 heterocycles. The molecule has 7 heteroatoms. The van der Waals surface area contributed by atoms with E-state index >= 15 is 0 Å². The molecule has 7 aromatic heterocycles. The second-order valence-electron chi connectivity index (χ2n) is 34.1. The lowest BCUT2D eigenvalue weighted by Crippen LogP contribution is -2.36. The molecule has 0 bridgehead atoms. The molecule has 0 atom stereocenters. The van der Waals surface area contributed by atoms with Crippen molar-refractivity contribution in [1.82, 2.24) is 0 Å². The summed E-state index contributed by atoms with van der Waals surface area (Å²) in [5, 5.41) is 0. The fourth-order valence-electron chi connectivity index (χ4n) is 16.2. The maximum Gasteiger partial charge on any atom is 0.215 e. The van der Waals surface area contributed by atoms with Crippen LogP contribution in [-0.4, -0.2) is 0 Å². The van der Waals surface area contributed by atoms with Gasteiger partial charge in [0.2, 0.25) is 39.9 Å². The van der Waals surface area contributed by atoms with Crippen molar-refractivity contribution in [2.75, 3.05) is 0 Å². The lowest BCUT2D eigenvalue weighted by atomic mass is 9.98. The monoisotopic (exact) mass is 1580 g/mol. The van der Waals surface area contributed by atoms with Crippen molar-refractivity contribution in [3.63, 3.8) is 0 Å². The molecule has 0 aliphatic carbocycles. The highest BCUT2D eigenvalue weighted by molar-refractivity contribution is 5.70. The quantitative estimate of drug-likeness (QED) is 0.142. The van der Waals surface area contributed by atoms with Crippen molar-refractivity contribution >= 4 is 0 Å². The number of hydrogen-bond donors (Lipinski definition) is 0. The van der Waals surface area contributed by atoms with E-state index in [-0.39, 0.29) is 0 Å². The van der Waals surface area contributed by atoms with Gasteiger partial charge in [0.1, 0.15) is 49.3 Å². The van der Waals surface area contributed by atoms with E-state index in [9.17, 15) is 0 Å². The molecule has 0 amide bonds. The third-order valence-corrected chi connectivity index (χ3v) is 24.7. The maximum absolute atomic E-state index is 2.28. The standard InChI is InChI=1S/7C16H20N/c2*1-11-6-7-13(3)15(9-11)16-10-12(2)8-14(4)17(16)5;2*1-11-9-14(4)17(5)15(10-11)16-12(2)7-6-8-13(16)3;1-11-7-6-8-15(13(11)3)16-10-9-12(2)14(4)17(16)5;2*1-11-8-6-7-9-15(11)16-14(4)12(2)10-13(3)17(16)5/h7*6-10H,1-5H3/q7*+1. The van der Waals surface area contributed by atoms with Crippen LogP contribution in [0.25, 0.3) is 78.8 Å². The van der Waals surface area contributed by atoms with E-state index in [1.807, 2.05) is 0 Å². The third kappa shape index (κ3) is 22.5. The molecule has 0 N–H and O–H groups in total. The molecular weight excluding hydrogens is 1440 g/mol. The van der Waals surface area contributed by atoms with E-state index < -0.39 is 0 Å². The fourth-order valence-corrected chi connectivity index (χ4v) is 16.2. The molecule has 0 radical (unpaired) electrons. The summed E-state index contributed by atoms with van der Waals surface area (Å²) in [6.45, 7) is 60.7. The molecule has 0 saturated carbocycles. The second kappa shape index (κ2) is 40.8. The molecule has 0 aliphatic rings. The van der Waals surface area contributed by atoms with Gasteiger partial charge in [0.15, 0.2) is 39.9 Å². The van der Waals surface area contributed by atoms with E-state index in [0.29, 0.717) is 0 Å². The molecule has 0 unspecified atom stereocenters. The number of pyridine rings is 7. The number of nitrogens with zero attached hydrogens (tertiary/aromatic N) is 7. The fraction of sp³-hybridized carbons (Fsp3) is 0.312. The Morgan fingerprint density at radius 2 is 0.437 bits per heavy atom. The first-order chi connectivity index (χ1) is 56.0. The van der Waals surface area contributed by atoms with Gasteiger partial charge < -0.3 is 0 Å². The Bertz CT molecular complexity index is 5630. The van der Waals surface area contributed by atoms with Gasteiger partial charge in [-0.15, -0.1) is 0 Å². The largest absolute Gasteiger partial charge is 0.215 e. The minimum atomic E-state index is 1.29. The zero-order chi connectivity index (χ0) is 88.0. The summed E-state index contributed by atoms with van der Waals surface area (Å²) in [4.78, 5) is 0. The number of benzene rings is 7. The molecule has 0 saturated heterocycles. The van der Waals surface area contributed by atoms with Crippen LogP contribution in [0.15, 0.2) is 212 Å². The molecule has 119 heavy (non-hydrogen) atoms. The van der Waals surface area contributed by atoms with E-state index in [0.717, 1.165) is 0 Å². The van der Waals surface area contributed by atoms with Gasteiger partial charge in [0.05, 0.1) is 11.1 Å². The highest BCUT2D eigenvalue weighted by Crippen LogP contribution is 2.32. The van der Waals surface area contributed by atoms with Crippen LogP contribution in [0.3, 0.4) is 0 Å². The first kappa shape index (κ1) is 93.1. The van der Waals surface area contributed by atoms with Crippen molar-refractivity contribution in [3.8, 4) is 78.8 Å². The molecule has 0 spiro atoms. The van der Waals surface area contributed by atoms with Crippen LogP contribution in [-0.2, 0) is 49.3 Å². The van der Waals surface area contributed by atoms with Crippen molar-refractivity contribution < 1.29 is 32.0 Å². The van der Waals surface area contributed by atoms with Crippen LogP contribution < -0.4 is 32.0 Å². The Labute approximate surface area is 718 Å². The van der Waals surface area contributed by atoms with Crippen LogP contribution in [0, 0.1) is 194 Å². The van der Waals surface area contributed by atoms with Gasteiger partial charge in [-0.1, -0.05) is 120 Å². The molecular formula is C112H140N7+7. The topological polar surface area (TPSA) is 27.2 Å². The van der Waals surface area contributed by atoms with Crippen molar-refractivity contribution in [2.24, 2.45) is 49.3 Å². The van der Waals surface area contributed by atoms with Crippen LogP contribution in [0.2, 0.25) is 0 Å². The number of rotatable bonds is 7. The van der Waals surface area contributed by atoms with Gasteiger partial charge >= 0.3 is 0 Å². The summed E-state index contributed by atoms with van der Waals surface area (Å²) in [7, 11) is 15.0. The first-order valence-corrected chi connectivity index (χ1v) is 42.3. The Morgan fingerprint density at radius 3 is 0.790 bits per heavy atom. The Kier molecular flexibility index (Phi) is 31.9. The van der Waals surface area contributed by atoms with Crippen molar-refractivity contribution in [2.45, 2.75) is 194 Å². The van der Waals surface area contributed by atoms with Crippen LogP contribution in [0.5, 0.6) is 0 Å². The zero-order valence-corrected chi connectivity index (χ0v) is 79.3. The van der Waals surface area contributed by atoms with E-state index in [1.54, 1.807) is 0 Å². The Hall–Kier alpha value is -11.4. The van der Waals surface area contributed by atoms with Crippen molar-refractivity contribution in [3.05, 3.63) is 369 Å². The summed E-state index contributed by atoms with van der Waals surface area (Å²) in [5.74, 6) is 0. The summed E-state index contributed by atoms with van der Waals surface area (Å²) in [5.41, 5.74) is 55.7. The lowest BCUT2D eigenvalue weighted by molar-refractivity contribution is -0.667. The SMILES string of the molecule is Cc1cc(C)[n+](C)c(-c2c(C)cccc2C)c1.Cc1cc(C)[n+](C)c(-c2c(C)cccc2C)c1.Cc1ccc(C)c(-c2cc(C)cc(C)[n+]2C)c1.Cc1ccc(C)c(-c2cc(C)cc(C)[n+]2C)c1.Cc1cccc(-c2ccc(C)c(C)[n+]2C)c1C.Cc1ccccc1-c1c(C)c(C)cc(C)[n+]1C.Cc1ccccc1-c1c(C)c(C)cc(C)[n+]1C. The zero-order valence-electron chi connectivity index (χ0n) is 79.3. The molecule has 616 valence electrons. The Morgan fingerprint density at radius 1 is 0.160 bits per heavy atom. The van der Waals surface area contributed by atoms with Crippen molar-refractivity contribution in [1.29, 1.82) is 0 Å². The first-order valence-electron chi connectivity index (χ1n) is 42.3. The highest BCUT2D eigenvalue weighted by atomic mass is 15.0. The number of hydrogen-bond acceptors (Lipinski definition) is 0. The minimum absolute atomic E-state index is 1.29. The van der Waals surface area contributed by atoms with E-state index in [4.69, 9.17) is 0 Å². The van der Waals surface area contributed by atoms with Gasteiger partial charge in [-0.2, -0.15) is 32.0 Å². The smallest absolute Gasteiger partial charge is 0.199 e. The highest BCUT2D eigenvalue weighted by Gasteiger charge is 2.25. The van der Waals surface area contributed by atoms with Gasteiger partial charge in [-0.3, -0.25) is 0 Å². The summed E-state index contributed by atoms with van der Waals surface area (Å²) in [6.07, 6.45) is 0. The van der Waals surface area contributed by atoms with Crippen LogP contribution in [0.1, 0.15) is 157 Å². The van der Waals surface area contributed by atoms with Gasteiger partial charge in [0.25, 0.3) is 0 Å². The van der Waals surface area contributed by atoms with Crippen LogP contribution in [0.4, 0.5) is 0 Å². The van der Waals surface area contributed by atoms with E-state index in [2.05, 4.69) is 487 Å². The van der Waals surface area contributed by atoms with Crippen LogP contribution >= 0.6 is 0 Å². The second-order valence-corrected chi connectivity index (χ2v) is 34.1. The normalized spacial score (nSPS) is 10.6. The summed E-state index contributed by atoms with van der Waals surface area (Å²) in [6, 6.07) is 76.7. The molecule has 14 rings (SSSR count). The van der Waals surface area contributed by atoms with Gasteiger partial charge in [-0.25, -0.2) is 0 Å². The molecule has 14 aromatic rings. The lowest BCUT2D eigenvalue weighted by Gasteiger charge is -2.10. The molecule has 7 nitrogen and oxygen atoms in total. The van der Waals surface area contributed by atoms with Gasteiger partial charge in [-0.05, 0) is 271 Å². The number of aromatic nitrogens is 7. The average molecular weight is 1580 g/mol. The summed E-state index contributed by atoms with van der Waals surface area (Å²) >= 11 is 0. The average Bonchev–Trinajstić information content (AvgIpc) is 0.783. The minimum Gasteiger partial charge on any atom is -0.199 e. The predicted molar refractivity (Wildman–Crippen MR) is 504 cm³/mol. The molecule has 0 fully saturated rings. The molecule has 0 aliphatic heterocycles. The third-order valence-electron chi connectivity index (χ3n) is 24.7. The summed E-state index contributed by atoms with van der Waals surface area (Å²) < 4.78 is 15.9. The Balaban J connectivity index is 0.000000173. The predicted octanol–water partition coefficient (Wildman–Crippen LogP) is 23.9.